The number of likely N-dealkylation sites (tertiary alicyclic amines) is 1. The molecule has 0 bridgehead atoms. The van der Waals surface area contributed by atoms with Gasteiger partial charge >= 0.3 is 0 Å². The van der Waals surface area contributed by atoms with Gasteiger partial charge < -0.3 is 4.57 Å². The summed E-state index contributed by atoms with van der Waals surface area (Å²) in [7, 11) is 1.52. The SMILES string of the molecule is Cc1cccc2c1nc(CCCl)n2C1CC(=O)N(C)C1=O. The highest BCUT2D eigenvalue weighted by Gasteiger charge is 2.39. The number of hydrogen-bond donors (Lipinski definition) is 0. The normalized spacial score (nSPS) is 19.0. The molecule has 2 aromatic rings. The van der Waals surface area contributed by atoms with Crippen LogP contribution in [0.4, 0.5) is 0 Å². The molecule has 1 saturated heterocycles. The number of aryl methyl sites for hydroxylation is 2. The van der Waals surface area contributed by atoms with Crippen molar-refractivity contribution in [2.45, 2.75) is 25.8 Å². The third-order valence-corrected chi connectivity index (χ3v) is 4.17. The van der Waals surface area contributed by atoms with Crippen LogP contribution in [0.3, 0.4) is 0 Å². The van der Waals surface area contributed by atoms with Crippen molar-refractivity contribution in [3.05, 3.63) is 29.6 Å². The molecule has 1 atom stereocenters. The number of imidazole rings is 1. The number of alkyl halides is 1. The van der Waals surface area contributed by atoms with Crippen molar-refractivity contribution in [2.24, 2.45) is 0 Å². The molecule has 0 saturated carbocycles. The van der Waals surface area contributed by atoms with Crippen LogP contribution in [0.5, 0.6) is 0 Å². The summed E-state index contributed by atoms with van der Waals surface area (Å²) in [6.07, 6.45) is 0.751. The summed E-state index contributed by atoms with van der Waals surface area (Å²) >= 11 is 5.86. The van der Waals surface area contributed by atoms with E-state index in [0.717, 1.165) is 22.4 Å². The van der Waals surface area contributed by atoms with Crippen LogP contribution in [0.2, 0.25) is 0 Å². The quantitative estimate of drug-likeness (QED) is 0.644. The Morgan fingerprint density at radius 1 is 1.38 bits per heavy atom. The maximum atomic E-state index is 12.3. The van der Waals surface area contributed by atoms with Crippen molar-refractivity contribution in [3.63, 3.8) is 0 Å². The van der Waals surface area contributed by atoms with Gasteiger partial charge in [-0.2, -0.15) is 0 Å². The minimum atomic E-state index is -0.507. The molecule has 0 radical (unpaired) electrons. The molecule has 2 heterocycles. The Labute approximate surface area is 127 Å². The third kappa shape index (κ3) is 2.12. The van der Waals surface area contributed by atoms with Gasteiger partial charge in [0.15, 0.2) is 0 Å². The van der Waals surface area contributed by atoms with Crippen molar-refractivity contribution >= 4 is 34.4 Å². The van der Waals surface area contributed by atoms with Gasteiger partial charge in [-0.05, 0) is 18.6 Å². The van der Waals surface area contributed by atoms with Gasteiger partial charge in [0.05, 0.1) is 17.5 Å². The van der Waals surface area contributed by atoms with Crippen molar-refractivity contribution < 1.29 is 9.59 Å². The number of likely N-dealkylation sites (N-methyl/N-ethyl adjacent to an activating group) is 1. The van der Waals surface area contributed by atoms with E-state index in [1.54, 1.807) is 0 Å². The van der Waals surface area contributed by atoms with E-state index in [1.165, 1.54) is 11.9 Å². The van der Waals surface area contributed by atoms with Crippen molar-refractivity contribution in [3.8, 4) is 0 Å². The van der Waals surface area contributed by atoms with Gasteiger partial charge in [0.1, 0.15) is 11.9 Å². The first-order valence-electron chi connectivity index (χ1n) is 6.87. The third-order valence-electron chi connectivity index (χ3n) is 3.98. The number of carbonyl (C=O) groups excluding carboxylic acids is 2. The van der Waals surface area contributed by atoms with Gasteiger partial charge in [-0.1, -0.05) is 12.1 Å². The number of nitrogens with zero attached hydrogens (tertiary/aromatic N) is 3. The van der Waals surface area contributed by atoms with Gasteiger partial charge in [-0.3, -0.25) is 14.5 Å². The summed E-state index contributed by atoms with van der Waals surface area (Å²) < 4.78 is 1.88. The lowest BCUT2D eigenvalue weighted by atomic mass is 10.2. The molecule has 0 N–H and O–H groups in total. The molecule has 1 unspecified atom stereocenters. The van der Waals surface area contributed by atoms with E-state index in [1.807, 2.05) is 29.7 Å². The van der Waals surface area contributed by atoms with Crippen LogP contribution in [0.25, 0.3) is 11.0 Å². The molecule has 6 heteroatoms. The lowest BCUT2D eigenvalue weighted by molar-refractivity contribution is -0.137. The molecule has 21 heavy (non-hydrogen) atoms. The number of imide groups is 1. The molecule has 110 valence electrons. The standard InChI is InChI=1S/C15H16ClN3O2/c1-9-4-3-5-10-14(9)17-12(6-7-16)19(10)11-8-13(20)18(2)15(11)21/h3-5,11H,6-8H2,1-2H3. The monoisotopic (exact) mass is 305 g/mol. The van der Waals surface area contributed by atoms with E-state index >= 15 is 0 Å². The van der Waals surface area contributed by atoms with Gasteiger partial charge in [0.2, 0.25) is 5.91 Å². The second-order valence-corrected chi connectivity index (χ2v) is 5.67. The fourth-order valence-corrected chi connectivity index (χ4v) is 3.02. The summed E-state index contributed by atoms with van der Waals surface area (Å²) in [5.41, 5.74) is 2.80. The fourth-order valence-electron chi connectivity index (χ4n) is 2.85. The van der Waals surface area contributed by atoms with Crippen LogP contribution < -0.4 is 0 Å². The van der Waals surface area contributed by atoms with E-state index in [2.05, 4.69) is 4.98 Å². The summed E-state index contributed by atoms with van der Waals surface area (Å²) in [4.78, 5) is 29.9. The Morgan fingerprint density at radius 2 is 2.14 bits per heavy atom. The lowest BCUT2D eigenvalue weighted by Crippen LogP contribution is -2.27. The Bertz CT molecular complexity index is 738. The van der Waals surface area contributed by atoms with Crippen molar-refractivity contribution in [1.82, 2.24) is 14.5 Å². The smallest absolute Gasteiger partial charge is 0.252 e. The van der Waals surface area contributed by atoms with Crippen LogP contribution in [-0.2, 0) is 16.0 Å². The van der Waals surface area contributed by atoms with E-state index in [0.29, 0.717) is 12.3 Å². The molecular weight excluding hydrogens is 290 g/mol. The van der Waals surface area contributed by atoms with Gasteiger partial charge in [0.25, 0.3) is 5.91 Å². The van der Waals surface area contributed by atoms with Crippen LogP contribution in [0.15, 0.2) is 18.2 Å². The summed E-state index contributed by atoms with van der Waals surface area (Å²) in [6, 6.07) is 5.35. The average Bonchev–Trinajstić information content (AvgIpc) is 2.93. The number of para-hydroxylation sites is 1. The second-order valence-electron chi connectivity index (χ2n) is 5.29. The van der Waals surface area contributed by atoms with Gasteiger partial charge in [-0.25, -0.2) is 4.98 Å². The minimum Gasteiger partial charge on any atom is -0.315 e. The fraction of sp³-hybridized carbons (Fsp3) is 0.400. The van der Waals surface area contributed by atoms with Crippen molar-refractivity contribution in [2.75, 3.05) is 12.9 Å². The first kappa shape index (κ1) is 14.1. The molecule has 0 aliphatic carbocycles. The van der Waals surface area contributed by atoms with Crippen LogP contribution in [0, 0.1) is 6.92 Å². The molecule has 3 rings (SSSR count). The number of benzene rings is 1. The highest BCUT2D eigenvalue weighted by Crippen LogP contribution is 2.30. The number of amides is 2. The number of hydrogen-bond acceptors (Lipinski definition) is 3. The summed E-state index contributed by atoms with van der Waals surface area (Å²) in [6.45, 7) is 1.98. The maximum absolute atomic E-state index is 12.3. The van der Waals surface area contributed by atoms with E-state index in [-0.39, 0.29) is 18.2 Å². The first-order valence-corrected chi connectivity index (χ1v) is 7.41. The topological polar surface area (TPSA) is 55.2 Å². The predicted molar refractivity (Wildman–Crippen MR) is 80.3 cm³/mol. The Balaban J connectivity index is 2.21. The Kier molecular flexibility index (Phi) is 3.45. The zero-order valence-electron chi connectivity index (χ0n) is 12.0. The molecule has 1 aromatic carbocycles. The lowest BCUT2D eigenvalue weighted by Gasteiger charge is -2.14. The summed E-state index contributed by atoms with van der Waals surface area (Å²) in [5.74, 6) is 0.844. The van der Waals surface area contributed by atoms with Crippen LogP contribution in [0.1, 0.15) is 23.9 Å². The molecular formula is C15H16ClN3O2. The zero-order chi connectivity index (χ0) is 15.1. The molecule has 1 aliphatic rings. The largest absolute Gasteiger partial charge is 0.315 e. The number of rotatable bonds is 3. The summed E-state index contributed by atoms with van der Waals surface area (Å²) in [5, 5.41) is 0. The predicted octanol–water partition coefficient (Wildman–Crippen LogP) is 2.06. The number of fused-ring (bicyclic) bond motifs is 1. The van der Waals surface area contributed by atoms with E-state index < -0.39 is 6.04 Å². The first-order chi connectivity index (χ1) is 10.0. The Morgan fingerprint density at radius 3 is 2.76 bits per heavy atom. The van der Waals surface area contributed by atoms with Crippen LogP contribution >= 0.6 is 11.6 Å². The van der Waals surface area contributed by atoms with Gasteiger partial charge in [0, 0.05) is 19.3 Å². The average molecular weight is 306 g/mol. The highest BCUT2D eigenvalue weighted by molar-refractivity contribution is 6.18. The van der Waals surface area contributed by atoms with Crippen molar-refractivity contribution in [1.29, 1.82) is 0 Å². The van der Waals surface area contributed by atoms with E-state index in [9.17, 15) is 9.59 Å². The second kappa shape index (κ2) is 5.15. The molecule has 0 spiro atoms. The number of halogens is 1. The van der Waals surface area contributed by atoms with Crippen LogP contribution in [-0.4, -0.2) is 39.2 Å². The maximum Gasteiger partial charge on any atom is 0.252 e. The number of carbonyl (C=O) groups is 2. The molecule has 1 fully saturated rings. The Hall–Kier alpha value is -1.88. The zero-order valence-corrected chi connectivity index (χ0v) is 12.7. The molecule has 1 aromatic heterocycles. The van der Waals surface area contributed by atoms with Gasteiger partial charge in [-0.15, -0.1) is 11.6 Å². The number of aromatic nitrogens is 2. The molecule has 5 nitrogen and oxygen atoms in total. The van der Waals surface area contributed by atoms with E-state index in [4.69, 9.17) is 11.6 Å². The molecule has 1 aliphatic heterocycles. The molecule has 2 amide bonds. The minimum absolute atomic E-state index is 0.156. The highest BCUT2D eigenvalue weighted by atomic mass is 35.5.